The molecule has 1 aromatic carbocycles. The molecule has 10 nitrogen and oxygen atoms in total. The molecule has 0 aliphatic carbocycles. The number of hydrogen-bond acceptors (Lipinski definition) is 8. The van der Waals surface area contributed by atoms with Crippen molar-refractivity contribution >= 4 is 28.6 Å². The minimum Gasteiger partial charge on any atom is -0.482 e. The number of halogens is 3. The van der Waals surface area contributed by atoms with Crippen LogP contribution in [0.3, 0.4) is 0 Å². The minimum absolute atomic E-state index is 0.0177. The van der Waals surface area contributed by atoms with Crippen LogP contribution in [0.2, 0.25) is 0 Å². The lowest BCUT2D eigenvalue weighted by atomic mass is 10.0. The predicted octanol–water partition coefficient (Wildman–Crippen LogP) is 2.68. The number of aromatic nitrogens is 3. The van der Waals surface area contributed by atoms with Gasteiger partial charge in [0.1, 0.15) is 23.7 Å². The van der Waals surface area contributed by atoms with Gasteiger partial charge in [0, 0.05) is 42.7 Å². The van der Waals surface area contributed by atoms with Crippen molar-refractivity contribution in [1.29, 1.82) is 0 Å². The van der Waals surface area contributed by atoms with E-state index in [0.717, 1.165) is 12.1 Å². The number of benzene rings is 1. The smallest absolute Gasteiger partial charge is 0.433 e. The molecule has 2 aromatic heterocycles. The van der Waals surface area contributed by atoms with Gasteiger partial charge in [0.2, 0.25) is 5.91 Å². The van der Waals surface area contributed by atoms with E-state index in [9.17, 15) is 27.6 Å². The maximum Gasteiger partial charge on any atom is 0.433 e. The van der Waals surface area contributed by atoms with Gasteiger partial charge in [-0.2, -0.15) is 18.3 Å². The lowest BCUT2D eigenvalue weighted by Crippen LogP contribution is -2.42. The molecule has 0 atom stereocenters. The van der Waals surface area contributed by atoms with Crippen molar-refractivity contribution in [2.24, 2.45) is 0 Å². The maximum atomic E-state index is 13.1. The highest BCUT2D eigenvalue weighted by atomic mass is 19.4. The van der Waals surface area contributed by atoms with Gasteiger partial charge in [-0.15, -0.1) is 0 Å². The number of hydrogen-bond donors (Lipinski definition) is 0. The van der Waals surface area contributed by atoms with Crippen LogP contribution in [0.4, 0.5) is 13.2 Å². The summed E-state index contributed by atoms with van der Waals surface area (Å²) in [7, 11) is 0. The number of nitrogens with zero attached hydrogens (tertiary/aromatic N) is 4. The minimum atomic E-state index is -4.70. The molecule has 0 spiro atoms. The Morgan fingerprint density at radius 3 is 2.61 bits per heavy atom. The number of pyridine rings is 1. The van der Waals surface area contributed by atoms with Crippen molar-refractivity contribution in [3.05, 3.63) is 53.5 Å². The molecule has 13 heteroatoms. The number of ketones is 1. The molecule has 3 heterocycles. The highest BCUT2D eigenvalue weighted by Crippen LogP contribution is 2.29. The Balaban J connectivity index is 1.60. The molecule has 1 amide bonds. The second-order valence-electron chi connectivity index (χ2n) is 8.44. The van der Waals surface area contributed by atoms with Crippen LogP contribution in [0.15, 0.2) is 36.5 Å². The zero-order valence-corrected chi connectivity index (χ0v) is 20.5. The van der Waals surface area contributed by atoms with Crippen LogP contribution in [0.25, 0.3) is 10.9 Å². The molecule has 4 rings (SSSR count). The average Bonchev–Trinajstić information content (AvgIpc) is 3.28. The lowest BCUT2D eigenvalue weighted by Gasteiger charge is -2.26. The Labute approximate surface area is 215 Å². The van der Waals surface area contributed by atoms with E-state index in [1.54, 1.807) is 24.1 Å². The van der Waals surface area contributed by atoms with Crippen molar-refractivity contribution < 1.29 is 41.8 Å². The third-order valence-electron chi connectivity index (χ3n) is 5.72. The molecule has 0 N–H and O–H groups in total. The molecule has 0 saturated carbocycles. The maximum absolute atomic E-state index is 13.1. The molecule has 1 aliphatic rings. The van der Waals surface area contributed by atoms with Crippen molar-refractivity contribution in [3.63, 3.8) is 0 Å². The first-order valence-corrected chi connectivity index (χ1v) is 11.9. The van der Waals surface area contributed by atoms with Gasteiger partial charge in [0.05, 0.1) is 25.3 Å². The topological polar surface area (TPSA) is 113 Å². The van der Waals surface area contributed by atoms with E-state index in [1.165, 1.54) is 16.8 Å². The number of fused-ring (bicyclic) bond motifs is 1. The largest absolute Gasteiger partial charge is 0.482 e. The normalized spacial score (nSPS) is 13.9. The first-order valence-electron chi connectivity index (χ1n) is 11.9. The highest BCUT2D eigenvalue weighted by molar-refractivity contribution is 5.97. The Kier molecular flexibility index (Phi) is 8.25. The van der Waals surface area contributed by atoms with Gasteiger partial charge in [-0.05, 0) is 25.1 Å². The lowest BCUT2D eigenvalue weighted by molar-refractivity contribution is -0.145. The number of carbonyl (C=O) groups excluding carboxylic acids is 3. The zero-order valence-electron chi connectivity index (χ0n) is 20.5. The Hall–Kier alpha value is -4.00. The van der Waals surface area contributed by atoms with E-state index in [2.05, 4.69) is 10.1 Å². The third-order valence-corrected chi connectivity index (χ3v) is 5.72. The van der Waals surface area contributed by atoms with Gasteiger partial charge in [0.15, 0.2) is 12.4 Å². The number of alkyl halides is 3. The number of esters is 1. The summed E-state index contributed by atoms with van der Waals surface area (Å²) in [4.78, 5) is 42.5. The average molecular weight is 534 g/mol. The molecule has 1 aliphatic heterocycles. The predicted molar refractivity (Wildman–Crippen MR) is 127 cm³/mol. The van der Waals surface area contributed by atoms with Gasteiger partial charge in [-0.1, -0.05) is 6.07 Å². The molecule has 1 fully saturated rings. The summed E-state index contributed by atoms with van der Waals surface area (Å²) in [6.45, 7) is 3.23. The fourth-order valence-corrected chi connectivity index (χ4v) is 3.91. The molecular formula is C25H25F3N4O6. The second kappa shape index (κ2) is 11.6. The molecule has 202 valence electrons. The first kappa shape index (κ1) is 27.0. The zero-order chi connectivity index (χ0) is 27.3. The van der Waals surface area contributed by atoms with Crippen molar-refractivity contribution in [2.75, 3.05) is 39.5 Å². The van der Waals surface area contributed by atoms with Crippen molar-refractivity contribution in [3.8, 4) is 5.75 Å². The van der Waals surface area contributed by atoms with Gasteiger partial charge < -0.3 is 19.1 Å². The second-order valence-corrected chi connectivity index (χ2v) is 8.44. The van der Waals surface area contributed by atoms with Crippen LogP contribution in [0.1, 0.15) is 28.7 Å². The Morgan fingerprint density at radius 2 is 1.89 bits per heavy atom. The van der Waals surface area contributed by atoms with E-state index in [4.69, 9.17) is 14.2 Å². The van der Waals surface area contributed by atoms with Crippen molar-refractivity contribution in [2.45, 2.75) is 26.1 Å². The van der Waals surface area contributed by atoms with Gasteiger partial charge in [-0.25, -0.2) is 9.78 Å². The van der Waals surface area contributed by atoms with E-state index in [-0.39, 0.29) is 36.9 Å². The van der Waals surface area contributed by atoms with Crippen LogP contribution < -0.4 is 4.74 Å². The monoisotopic (exact) mass is 534 g/mol. The summed E-state index contributed by atoms with van der Waals surface area (Å²) in [6.07, 6.45) is -3.42. The number of Topliss-reactive ketones (excluding diaryl/α,β-unsaturated/α-hetero) is 1. The van der Waals surface area contributed by atoms with Crippen LogP contribution >= 0.6 is 0 Å². The van der Waals surface area contributed by atoms with Gasteiger partial charge in [-0.3, -0.25) is 14.3 Å². The molecule has 3 aromatic rings. The number of amides is 1. The van der Waals surface area contributed by atoms with E-state index in [0.29, 0.717) is 42.8 Å². The molecule has 38 heavy (non-hydrogen) atoms. The fraction of sp³-hybridized carbons (Fsp3) is 0.400. The summed E-state index contributed by atoms with van der Waals surface area (Å²) in [5.74, 6) is -1.31. The highest BCUT2D eigenvalue weighted by Gasteiger charge is 2.33. The number of rotatable bonds is 9. The van der Waals surface area contributed by atoms with Gasteiger partial charge in [0.25, 0.3) is 0 Å². The van der Waals surface area contributed by atoms with E-state index in [1.807, 2.05) is 0 Å². The molecule has 0 unspecified atom stereocenters. The summed E-state index contributed by atoms with van der Waals surface area (Å²) >= 11 is 0. The van der Waals surface area contributed by atoms with Crippen molar-refractivity contribution in [1.82, 2.24) is 19.7 Å². The molecule has 1 saturated heterocycles. The summed E-state index contributed by atoms with van der Waals surface area (Å²) in [5, 5.41) is 4.98. The summed E-state index contributed by atoms with van der Waals surface area (Å²) in [6, 6.07) is 6.18. The molecule has 0 bridgehead atoms. The number of ether oxygens (including phenoxy) is 3. The van der Waals surface area contributed by atoms with Crippen LogP contribution in [-0.2, 0) is 38.2 Å². The van der Waals surface area contributed by atoms with Crippen LogP contribution in [0.5, 0.6) is 5.75 Å². The molecular weight excluding hydrogens is 509 g/mol. The summed E-state index contributed by atoms with van der Waals surface area (Å²) < 4.78 is 56.4. The SMILES string of the molecule is CCOC(=O)COc1cc2nn(CC(=O)N3CCOCC3)cc2cc1CC(=O)c1cccc(C(F)(F)F)n1. The summed E-state index contributed by atoms with van der Waals surface area (Å²) in [5.41, 5.74) is -0.788. The van der Waals surface area contributed by atoms with E-state index >= 15 is 0 Å². The standard InChI is InChI=1S/C25H25F3N4O6/c1-2-37-24(35)15-38-21-12-19-17(13-32(30-19)14-23(34)31-6-8-36-9-7-31)10-16(21)11-20(33)18-4-3-5-22(29-18)25(26,27)28/h3-5,10,12-13H,2,6-9,11,14-15H2,1H3. The Bertz CT molecular complexity index is 1330. The molecule has 0 radical (unpaired) electrons. The number of morpholine rings is 1. The fourth-order valence-electron chi connectivity index (χ4n) is 3.91. The first-order chi connectivity index (χ1) is 18.1. The van der Waals surface area contributed by atoms with Crippen LogP contribution in [0, 0.1) is 0 Å². The van der Waals surface area contributed by atoms with E-state index < -0.39 is 30.2 Å². The number of carbonyl (C=O) groups is 3. The van der Waals surface area contributed by atoms with Crippen LogP contribution in [-0.4, -0.2) is 76.8 Å². The van der Waals surface area contributed by atoms with Gasteiger partial charge >= 0.3 is 12.1 Å². The quantitative estimate of drug-likeness (QED) is 0.304. The third kappa shape index (κ3) is 6.65. The Morgan fingerprint density at radius 1 is 1.13 bits per heavy atom.